The number of amides is 2. The van der Waals surface area contributed by atoms with Crippen LogP contribution in [-0.4, -0.2) is 36.9 Å². The number of nitrogens with two attached hydrogens (primary N) is 1. The van der Waals surface area contributed by atoms with E-state index in [0.29, 0.717) is 6.54 Å². The summed E-state index contributed by atoms with van der Waals surface area (Å²) in [5.74, 6) is -0.00635. The van der Waals surface area contributed by atoms with Crippen molar-refractivity contribution in [2.24, 2.45) is 5.73 Å². The summed E-state index contributed by atoms with van der Waals surface area (Å²) in [6.07, 6.45) is 2.02. The lowest BCUT2D eigenvalue weighted by Gasteiger charge is -2.16. The molecule has 0 aliphatic heterocycles. The molecule has 0 radical (unpaired) electrons. The molecular weight excluding hydrogens is 168 g/mol. The summed E-state index contributed by atoms with van der Waals surface area (Å²) in [4.78, 5) is 12.6. The third kappa shape index (κ3) is 5.95. The molecule has 0 aromatic rings. The van der Waals surface area contributed by atoms with E-state index in [4.69, 9.17) is 11.1 Å². The molecule has 0 saturated carbocycles. The number of carbonyl (C=O) groups excluding carboxylic acids is 1. The Hall–Kier alpha value is -1.26. The molecule has 0 aliphatic rings. The molecule has 0 rings (SSSR count). The summed E-state index contributed by atoms with van der Waals surface area (Å²) in [7, 11) is 1.61. The fraction of sp³-hybridized carbons (Fsp3) is 0.750. The molecule has 2 amide bonds. The van der Waals surface area contributed by atoms with Gasteiger partial charge in [0.1, 0.15) is 5.84 Å². The average molecular weight is 186 g/mol. The maximum atomic E-state index is 11.2. The summed E-state index contributed by atoms with van der Waals surface area (Å²) in [6.45, 7) is 2.92. The van der Waals surface area contributed by atoms with Gasteiger partial charge in [0.15, 0.2) is 0 Å². The van der Waals surface area contributed by atoms with E-state index in [1.54, 1.807) is 7.05 Å². The maximum Gasteiger partial charge on any atom is 0.317 e. The van der Waals surface area contributed by atoms with Gasteiger partial charge in [-0.1, -0.05) is 13.3 Å². The number of urea groups is 1. The maximum absolute atomic E-state index is 11.2. The molecule has 0 spiro atoms. The van der Waals surface area contributed by atoms with Crippen LogP contribution in [-0.2, 0) is 0 Å². The Balaban J connectivity index is 3.63. The molecule has 5 nitrogen and oxygen atoms in total. The summed E-state index contributed by atoms with van der Waals surface area (Å²) in [6, 6.07) is -0.177. The topological polar surface area (TPSA) is 82.2 Å². The van der Waals surface area contributed by atoms with Gasteiger partial charge in [0.25, 0.3) is 0 Å². The van der Waals surface area contributed by atoms with Crippen LogP contribution in [0.3, 0.4) is 0 Å². The Morgan fingerprint density at radius 3 is 2.69 bits per heavy atom. The molecule has 0 aromatic heterocycles. The Labute approximate surface area is 78.8 Å². The number of amidine groups is 1. The van der Waals surface area contributed by atoms with E-state index in [9.17, 15) is 4.79 Å². The minimum atomic E-state index is -0.177. The second-order valence-electron chi connectivity index (χ2n) is 2.97. The number of hydrogen-bond donors (Lipinski definition) is 3. The second-order valence-corrected chi connectivity index (χ2v) is 2.97. The molecule has 76 valence electrons. The number of nitrogens with zero attached hydrogens (tertiary/aromatic N) is 1. The molecule has 0 unspecified atom stereocenters. The molecule has 0 heterocycles. The monoisotopic (exact) mass is 186 g/mol. The fourth-order valence-corrected chi connectivity index (χ4v) is 0.834. The summed E-state index contributed by atoms with van der Waals surface area (Å²) < 4.78 is 0. The van der Waals surface area contributed by atoms with Crippen LogP contribution in [0.1, 0.15) is 19.8 Å². The van der Waals surface area contributed by atoms with E-state index in [1.807, 2.05) is 0 Å². The van der Waals surface area contributed by atoms with Gasteiger partial charge in [0.2, 0.25) is 0 Å². The van der Waals surface area contributed by atoms with E-state index in [2.05, 4.69) is 12.2 Å². The normalized spacial score (nSPS) is 9.38. The van der Waals surface area contributed by atoms with Crippen LogP contribution < -0.4 is 11.1 Å². The van der Waals surface area contributed by atoms with Crippen molar-refractivity contribution < 1.29 is 4.79 Å². The lowest BCUT2D eigenvalue weighted by Crippen LogP contribution is -2.41. The van der Waals surface area contributed by atoms with Crippen molar-refractivity contribution >= 4 is 11.9 Å². The van der Waals surface area contributed by atoms with Crippen molar-refractivity contribution in [3.8, 4) is 0 Å². The highest BCUT2D eigenvalue weighted by atomic mass is 16.2. The highest BCUT2D eigenvalue weighted by Gasteiger charge is 2.07. The van der Waals surface area contributed by atoms with Crippen molar-refractivity contribution in [1.82, 2.24) is 10.2 Å². The standard InChI is InChI=1S/C8H18N4O/c1-3-4-5-11-8(13)12(2)6-7(9)10/h3-6H2,1-2H3,(H3,9,10)(H,11,13). The predicted octanol–water partition coefficient (Wildman–Crippen LogP) is 0.364. The Morgan fingerprint density at radius 1 is 1.62 bits per heavy atom. The lowest BCUT2D eigenvalue weighted by atomic mass is 10.3. The zero-order valence-electron chi connectivity index (χ0n) is 8.26. The molecule has 0 aromatic carbocycles. The van der Waals surface area contributed by atoms with Crippen molar-refractivity contribution in [3.05, 3.63) is 0 Å². The van der Waals surface area contributed by atoms with Crippen LogP contribution in [0.25, 0.3) is 0 Å². The van der Waals surface area contributed by atoms with Crippen molar-refractivity contribution in [2.75, 3.05) is 20.1 Å². The first-order valence-corrected chi connectivity index (χ1v) is 4.39. The van der Waals surface area contributed by atoms with Gasteiger partial charge >= 0.3 is 6.03 Å². The number of rotatable bonds is 5. The minimum Gasteiger partial charge on any atom is -0.386 e. The molecular formula is C8H18N4O. The molecule has 0 fully saturated rings. The molecule has 4 N–H and O–H groups in total. The number of carbonyl (C=O) groups is 1. The van der Waals surface area contributed by atoms with Crippen LogP contribution in [0.15, 0.2) is 0 Å². The van der Waals surface area contributed by atoms with Crippen LogP contribution in [0, 0.1) is 5.41 Å². The largest absolute Gasteiger partial charge is 0.386 e. The zero-order valence-corrected chi connectivity index (χ0v) is 8.26. The Morgan fingerprint density at radius 2 is 2.23 bits per heavy atom. The van der Waals surface area contributed by atoms with E-state index >= 15 is 0 Å². The zero-order chi connectivity index (χ0) is 10.3. The second kappa shape index (κ2) is 6.28. The highest BCUT2D eigenvalue weighted by molar-refractivity contribution is 5.84. The first kappa shape index (κ1) is 11.7. The smallest absolute Gasteiger partial charge is 0.317 e. The average Bonchev–Trinajstić information content (AvgIpc) is 2.03. The Kier molecular flexibility index (Phi) is 5.67. The van der Waals surface area contributed by atoms with Crippen LogP contribution in [0.4, 0.5) is 4.79 Å². The molecule has 0 saturated heterocycles. The summed E-state index contributed by atoms with van der Waals surface area (Å²) in [5, 5.41) is 9.71. The van der Waals surface area contributed by atoms with Gasteiger partial charge in [-0.05, 0) is 6.42 Å². The summed E-state index contributed by atoms with van der Waals surface area (Å²) in [5.41, 5.74) is 5.15. The van der Waals surface area contributed by atoms with Crippen molar-refractivity contribution in [3.63, 3.8) is 0 Å². The van der Waals surface area contributed by atoms with E-state index in [-0.39, 0.29) is 18.4 Å². The number of likely N-dealkylation sites (N-methyl/N-ethyl adjacent to an activating group) is 1. The summed E-state index contributed by atoms with van der Waals surface area (Å²) >= 11 is 0. The highest BCUT2D eigenvalue weighted by Crippen LogP contribution is 1.86. The molecule has 13 heavy (non-hydrogen) atoms. The van der Waals surface area contributed by atoms with Gasteiger partial charge in [0.05, 0.1) is 6.54 Å². The molecule has 0 aliphatic carbocycles. The lowest BCUT2D eigenvalue weighted by molar-refractivity contribution is 0.214. The SMILES string of the molecule is CCCCNC(=O)N(C)CC(=N)N. The van der Waals surface area contributed by atoms with E-state index in [0.717, 1.165) is 12.8 Å². The number of unbranched alkanes of at least 4 members (excludes halogenated alkanes) is 1. The molecule has 0 bridgehead atoms. The van der Waals surface area contributed by atoms with Gasteiger partial charge in [-0.3, -0.25) is 5.41 Å². The van der Waals surface area contributed by atoms with E-state index < -0.39 is 0 Å². The van der Waals surface area contributed by atoms with Gasteiger partial charge in [-0.25, -0.2) is 4.79 Å². The minimum absolute atomic E-state index is 0.00635. The van der Waals surface area contributed by atoms with E-state index in [1.165, 1.54) is 4.90 Å². The van der Waals surface area contributed by atoms with Crippen LogP contribution >= 0.6 is 0 Å². The first-order chi connectivity index (χ1) is 6.07. The van der Waals surface area contributed by atoms with Gasteiger partial charge in [-0.15, -0.1) is 0 Å². The quantitative estimate of drug-likeness (QED) is 0.329. The third-order valence-corrected chi connectivity index (χ3v) is 1.56. The van der Waals surface area contributed by atoms with Gasteiger partial charge < -0.3 is 16.0 Å². The number of hydrogen-bond acceptors (Lipinski definition) is 2. The number of nitrogens with one attached hydrogen (secondary N) is 2. The van der Waals surface area contributed by atoms with Crippen molar-refractivity contribution in [2.45, 2.75) is 19.8 Å². The third-order valence-electron chi connectivity index (χ3n) is 1.56. The fourth-order valence-electron chi connectivity index (χ4n) is 0.834. The van der Waals surface area contributed by atoms with Crippen LogP contribution in [0.5, 0.6) is 0 Å². The van der Waals surface area contributed by atoms with Crippen LogP contribution in [0.2, 0.25) is 0 Å². The van der Waals surface area contributed by atoms with Gasteiger partial charge in [0, 0.05) is 13.6 Å². The first-order valence-electron chi connectivity index (χ1n) is 4.39. The van der Waals surface area contributed by atoms with Gasteiger partial charge in [-0.2, -0.15) is 0 Å². The predicted molar refractivity (Wildman–Crippen MR) is 52.9 cm³/mol. The Bertz CT molecular complexity index is 181. The molecule has 5 heteroatoms. The molecule has 0 atom stereocenters. The van der Waals surface area contributed by atoms with Crippen molar-refractivity contribution in [1.29, 1.82) is 5.41 Å².